The van der Waals surface area contributed by atoms with Crippen LogP contribution in [0.1, 0.15) is 174 Å². The summed E-state index contributed by atoms with van der Waals surface area (Å²) in [5.74, 6) is -1.80. The molecule has 0 heterocycles. The van der Waals surface area contributed by atoms with Crippen LogP contribution in [-0.4, -0.2) is 60.5 Å². The van der Waals surface area contributed by atoms with E-state index in [1.54, 1.807) is 0 Å². The van der Waals surface area contributed by atoms with Gasteiger partial charge in [0.15, 0.2) is 0 Å². The summed E-state index contributed by atoms with van der Waals surface area (Å²) in [6.07, 6.45) is 48.4. The summed E-state index contributed by atoms with van der Waals surface area (Å²) in [7, 11) is -4.62. The molecule has 4 N–H and O–H groups in total. The highest BCUT2D eigenvalue weighted by Gasteiger charge is 2.27. The van der Waals surface area contributed by atoms with Gasteiger partial charge in [0.1, 0.15) is 12.1 Å². The first-order chi connectivity index (χ1) is 27.2. The number of esters is 1. The molecule has 0 aliphatic heterocycles. The predicted molar refractivity (Wildman–Crippen MR) is 231 cm³/mol. The highest BCUT2D eigenvalue weighted by molar-refractivity contribution is 7.47. The Balaban J connectivity index is 4.27. The molecule has 0 radical (unpaired) electrons. The van der Waals surface area contributed by atoms with E-state index in [0.29, 0.717) is 13.0 Å². The van der Waals surface area contributed by atoms with E-state index >= 15 is 0 Å². The summed E-state index contributed by atoms with van der Waals surface area (Å²) >= 11 is 0. The largest absolute Gasteiger partial charge is 0.480 e. The van der Waals surface area contributed by atoms with Gasteiger partial charge in [-0.2, -0.15) is 0 Å². The number of rotatable bonds is 41. The zero-order chi connectivity index (χ0) is 41.2. The molecular formula is C45H80NO9P. The zero-order valence-electron chi connectivity index (χ0n) is 35.2. The lowest BCUT2D eigenvalue weighted by Gasteiger charge is -2.20. The monoisotopic (exact) mass is 810 g/mol. The maximum Gasteiger partial charge on any atom is 0.472 e. The second kappa shape index (κ2) is 40.9. The van der Waals surface area contributed by atoms with Gasteiger partial charge in [-0.1, -0.05) is 152 Å². The van der Waals surface area contributed by atoms with Crippen molar-refractivity contribution in [1.29, 1.82) is 0 Å². The first-order valence-corrected chi connectivity index (χ1v) is 23.3. The number of hydrogen-bond acceptors (Lipinski definition) is 8. The lowest BCUT2D eigenvalue weighted by Crippen LogP contribution is -2.34. The number of aliphatic carboxylic acids is 1. The molecule has 0 rings (SSSR count). The van der Waals surface area contributed by atoms with E-state index < -0.39 is 45.1 Å². The molecule has 0 aliphatic carbocycles. The summed E-state index contributed by atoms with van der Waals surface area (Å²) in [6.45, 7) is 3.71. The molecule has 0 aromatic heterocycles. The zero-order valence-corrected chi connectivity index (χ0v) is 36.1. The number of allylic oxidation sites excluding steroid dienone is 10. The predicted octanol–water partition coefficient (Wildman–Crippen LogP) is 12.0. The van der Waals surface area contributed by atoms with Crippen molar-refractivity contribution < 1.29 is 42.7 Å². The molecule has 0 aromatic rings. The second-order valence-electron chi connectivity index (χ2n) is 14.4. The number of carbonyl (C=O) groups excluding carboxylic acids is 1. The van der Waals surface area contributed by atoms with E-state index in [2.05, 4.69) is 74.6 Å². The molecule has 324 valence electrons. The van der Waals surface area contributed by atoms with Gasteiger partial charge in [0.25, 0.3) is 0 Å². The van der Waals surface area contributed by atoms with Gasteiger partial charge in [-0.3, -0.25) is 18.6 Å². The number of carboxylic acid groups (broad SMARTS) is 1. The molecule has 0 aliphatic rings. The van der Waals surface area contributed by atoms with Crippen LogP contribution in [0.15, 0.2) is 60.8 Å². The molecule has 10 nitrogen and oxygen atoms in total. The fourth-order valence-corrected chi connectivity index (χ4v) is 6.43. The van der Waals surface area contributed by atoms with Gasteiger partial charge >= 0.3 is 19.8 Å². The van der Waals surface area contributed by atoms with E-state index in [-0.39, 0.29) is 13.0 Å². The van der Waals surface area contributed by atoms with Crippen LogP contribution >= 0.6 is 7.82 Å². The minimum Gasteiger partial charge on any atom is -0.480 e. The number of hydrogen-bond donors (Lipinski definition) is 3. The summed E-state index contributed by atoms with van der Waals surface area (Å²) < 4.78 is 33.3. The van der Waals surface area contributed by atoms with Crippen molar-refractivity contribution in [3.05, 3.63) is 60.8 Å². The van der Waals surface area contributed by atoms with Crippen molar-refractivity contribution in [3.8, 4) is 0 Å². The number of unbranched alkanes of at least 4 members (excludes halogenated alkanes) is 17. The molecule has 0 fully saturated rings. The number of ether oxygens (including phenoxy) is 2. The fraction of sp³-hybridized carbons (Fsp3) is 0.733. The van der Waals surface area contributed by atoms with Crippen molar-refractivity contribution >= 4 is 19.8 Å². The second-order valence-corrected chi connectivity index (χ2v) is 15.9. The summed E-state index contributed by atoms with van der Waals surface area (Å²) in [5.41, 5.74) is 5.35. The quantitative estimate of drug-likeness (QED) is 0.0235. The van der Waals surface area contributed by atoms with Crippen LogP contribution in [0.5, 0.6) is 0 Å². The maximum atomic E-state index is 12.6. The van der Waals surface area contributed by atoms with E-state index in [1.807, 2.05) is 0 Å². The lowest BCUT2D eigenvalue weighted by molar-refractivity contribution is -0.154. The summed E-state index contributed by atoms with van der Waals surface area (Å²) in [6, 6.07) is -1.48. The summed E-state index contributed by atoms with van der Waals surface area (Å²) in [5, 5.41) is 8.89. The molecule has 0 aromatic carbocycles. The van der Waals surface area contributed by atoms with Crippen molar-refractivity contribution in [2.45, 2.75) is 187 Å². The van der Waals surface area contributed by atoms with Crippen LogP contribution in [0.2, 0.25) is 0 Å². The molecule has 0 saturated carbocycles. The van der Waals surface area contributed by atoms with Crippen LogP contribution in [0.4, 0.5) is 0 Å². The molecule has 56 heavy (non-hydrogen) atoms. The molecule has 3 atom stereocenters. The molecule has 0 bridgehead atoms. The Labute approximate surface area is 341 Å². The van der Waals surface area contributed by atoms with E-state index in [4.69, 9.17) is 29.4 Å². The van der Waals surface area contributed by atoms with E-state index in [0.717, 1.165) is 83.5 Å². The third-order valence-corrected chi connectivity index (χ3v) is 9.98. The topological polar surface area (TPSA) is 155 Å². The van der Waals surface area contributed by atoms with Crippen LogP contribution in [-0.2, 0) is 32.7 Å². The Hall–Kier alpha value is -2.33. The minimum atomic E-state index is -4.62. The lowest BCUT2D eigenvalue weighted by atomic mass is 10.1. The van der Waals surface area contributed by atoms with E-state index in [9.17, 15) is 19.0 Å². The maximum absolute atomic E-state index is 12.6. The number of carboxylic acids is 1. The van der Waals surface area contributed by atoms with Gasteiger partial charge in [-0.25, -0.2) is 4.57 Å². The van der Waals surface area contributed by atoms with Crippen molar-refractivity contribution in [1.82, 2.24) is 0 Å². The normalized spacial score (nSPS) is 14.5. The van der Waals surface area contributed by atoms with E-state index in [1.165, 1.54) is 64.2 Å². The summed E-state index contributed by atoms with van der Waals surface area (Å²) in [4.78, 5) is 33.5. The van der Waals surface area contributed by atoms with Gasteiger partial charge in [-0.15, -0.1) is 0 Å². The molecule has 3 unspecified atom stereocenters. The first kappa shape index (κ1) is 53.7. The Bertz CT molecular complexity index is 1120. The number of phosphoric acid groups is 1. The molecule has 11 heteroatoms. The van der Waals surface area contributed by atoms with Gasteiger partial charge in [-0.05, 0) is 77.0 Å². The SMILES string of the molecule is CC/C=C\C/C=C\C/C=C\CCCCCCCC(=O)OC(COCCCCCCCCCC/C=C\C/C=C\CCCCCC)COP(=O)(O)OCC(N)C(=O)O. The van der Waals surface area contributed by atoms with Gasteiger partial charge in [0.05, 0.1) is 19.8 Å². The van der Waals surface area contributed by atoms with Crippen molar-refractivity contribution in [2.24, 2.45) is 5.73 Å². The average Bonchev–Trinajstić information content (AvgIpc) is 3.18. The molecule has 0 amide bonds. The Morgan fingerprint density at radius 2 is 1.04 bits per heavy atom. The van der Waals surface area contributed by atoms with Crippen molar-refractivity contribution in [3.63, 3.8) is 0 Å². The fourth-order valence-electron chi connectivity index (χ4n) is 5.65. The number of carbonyl (C=O) groups is 2. The third kappa shape index (κ3) is 39.9. The van der Waals surface area contributed by atoms with Crippen LogP contribution in [0, 0.1) is 0 Å². The average molecular weight is 810 g/mol. The molecule has 0 spiro atoms. The Morgan fingerprint density at radius 1 is 0.589 bits per heavy atom. The highest BCUT2D eigenvalue weighted by atomic mass is 31.2. The van der Waals surface area contributed by atoms with Crippen LogP contribution in [0.25, 0.3) is 0 Å². The van der Waals surface area contributed by atoms with Crippen LogP contribution in [0.3, 0.4) is 0 Å². The minimum absolute atomic E-state index is 0.00335. The number of phosphoric ester groups is 1. The standard InChI is InChI=1S/C45H80NO9P/c1-3-5-7-9-11-13-15-17-19-20-21-22-24-26-28-30-32-34-36-38-52-39-42(40-53-56(50,51)54-41-43(46)45(48)49)55-44(47)37-35-33-31-29-27-25-23-18-16-14-12-10-8-6-4-2/h6,8,12-15,18-20,23,42-43H,3-5,7,9-11,16-17,21-22,24-41,46H2,1-2H3,(H,48,49)(H,50,51)/b8-6-,14-12-,15-13-,20-19-,23-18-. The van der Waals surface area contributed by atoms with Gasteiger partial charge in [0.2, 0.25) is 0 Å². The third-order valence-electron chi connectivity index (χ3n) is 9.03. The number of nitrogens with two attached hydrogens (primary N) is 1. The molecular weight excluding hydrogens is 729 g/mol. The van der Waals surface area contributed by atoms with Crippen molar-refractivity contribution in [2.75, 3.05) is 26.4 Å². The van der Waals surface area contributed by atoms with Crippen LogP contribution < -0.4 is 5.73 Å². The first-order valence-electron chi connectivity index (χ1n) is 21.8. The Morgan fingerprint density at radius 3 is 1.55 bits per heavy atom. The Kier molecular flexibility index (Phi) is 39.2. The van der Waals surface area contributed by atoms with Gasteiger partial charge < -0.3 is 25.2 Å². The smallest absolute Gasteiger partial charge is 0.472 e. The molecule has 0 saturated heterocycles. The highest BCUT2D eigenvalue weighted by Crippen LogP contribution is 2.43. The van der Waals surface area contributed by atoms with Gasteiger partial charge in [0, 0.05) is 13.0 Å².